The van der Waals surface area contributed by atoms with Crippen LogP contribution in [0, 0.1) is 5.82 Å². The smallest absolute Gasteiger partial charge is 0.193 e. The van der Waals surface area contributed by atoms with Crippen LogP contribution in [0.2, 0.25) is 0 Å². The van der Waals surface area contributed by atoms with Crippen molar-refractivity contribution in [1.82, 2.24) is 10.2 Å². The van der Waals surface area contributed by atoms with Crippen LogP contribution in [0.1, 0.15) is 4.88 Å². The van der Waals surface area contributed by atoms with Crippen LogP contribution in [0.5, 0.6) is 0 Å². The molecule has 3 rings (SSSR count). The van der Waals surface area contributed by atoms with Crippen molar-refractivity contribution >= 4 is 23.0 Å². The number of hydrogen-bond donors (Lipinski definition) is 1. The van der Waals surface area contributed by atoms with Gasteiger partial charge in [-0.1, -0.05) is 6.07 Å². The van der Waals surface area contributed by atoms with E-state index in [1.54, 1.807) is 11.3 Å². The summed E-state index contributed by atoms with van der Waals surface area (Å²) in [6.07, 6.45) is 1.02. The van der Waals surface area contributed by atoms with E-state index in [1.807, 2.05) is 19.2 Å². The molecule has 0 radical (unpaired) electrons. The molecule has 128 valence electrons. The van der Waals surface area contributed by atoms with Crippen molar-refractivity contribution in [2.75, 3.05) is 44.7 Å². The quantitative estimate of drug-likeness (QED) is 0.682. The van der Waals surface area contributed by atoms with Crippen molar-refractivity contribution in [1.29, 1.82) is 0 Å². The van der Waals surface area contributed by atoms with Gasteiger partial charge in [-0.25, -0.2) is 4.39 Å². The summed E-state index contributed by atoms with van der Waals surface area (Å²) in [5.41, 5.74) is 1.08. The number of nitrogens with one attached hydrogen (secondary N) is 1. The molecule has 4 nitrogen and oxygen atoms in total. The standard InChI is InChI=1S/C18H23FN4S/c1-20-18(21-9-8-17-3-2-14-24-17)23-12-10-22(11-13-23)16-6-4-15(19)5-7-16/h2-7,14H,8-13H2,1H3,(H,20,21). The molecule has 0 atom stereocenters. The van der Waals surface area contributed by atoms with Crippen molar-refractivity contribution < 1.29 is 4.39 Å². The summed E-state index contributed by atoms with van der Waals surface area (Å²) >= 11 is 1.79. The first-order valence-electron chi connectivity index (χ1n) is 8.25. The maximum absolute atomic E-state index is 13.0. The normalized spacial score (nSPS) is 15.7. The third kappa shape index (κ3) is 4.26. The number of halogens is 1. The zero-order chi connectivity index (χ0) is 16.8. The van der Waals surface area contributed by atoms with Crippen LogP contribution in [0.25, 0.3) is 0 Å². The second kappa shape index (κ2) is 8.15. The highest BCUT2D eigenvalue weighted by Crippen LogP contribution is 2.17. The van der Waals surface area contributed by atoms with Crippen LogP contribution in [-0.4, -0.2) is 50.6 Å². The van der Waals surface area contributed by atoms with Gasteiger partial charge >= 0.3 is 0 Å². The van der Waals surface area contributed by atoms with Crippen molar-refractivity contribution in [2.45, 2.75) is 6.42 Å². The van der Waals surface area contributed by atoms with Gasteiger partial charge in [0.15, 0.2) is 5.96 Å². The Balaban J connectivity index is 1.48. The van der Waals surface area contributed by atoms with Gasteiger partial charge in [-0.05, 0) is 42.1 Å². The molecule has 0 aliphatic carbocycles. The lowest BCUT2D eigenvalue weighted by atomic mass is 10.2. The van der Waals surface area contributed by atoms with E-state index in [-0.39, 0.29) is 5.82 Å². The Morgan fingerprint density at radius 3 is 2.54 bits per heavy atom. The molecule has 1 saturated heterocycles. The van der Waals surface area contributed by atoms with Crippen molar-refractivity contribution in [3.63, 3.8) is 0 Å². The average molecular weight is 346 g/mol. The fourth-order valence-electron chi connectivity index (χ4n) is 2.91. The van der Waals surface area contributed by atoms with Crippen molar-refractivity contribution in [3.05, 3.63) is 52.5 Å². The summed E-state index contributed by atoms with van der Waals surface area (Å²) < 4.78 is 13.0. The minimum atomic E-state index is -0.187. The van der Waals surface area contributed by atoms with Gasteiger partial charge in [0.2, 0.25) is 0 Å². The first-order valence-corrected chi connectivity index (χ1v) is 9.13. The fourth-order valence-corrected chi connectivity index (χ4v) is 3.62. The Morgan fingerprint density at radius 1 is 1.17 bits per heavy atom. The van der Waals surface area contributed by atoms with E-state index in [2.05, 4.69) is 37.6 Å². The lowest BCUT2D eigenvalue weighted by Gasteiger charge is -2.37. The predicted molar refractivity (Wildman–Crippen MR) is 99.6 cm³/mol. The highest BCUT2D eigenvalue weighted by molar-refractivity contribution is 7.09. The average Bonchev–Trinajstić information content (AvgIpc) is 3.13. The lowest BCUT2D eigenvalue weighted by Crippen LogP contribution is -2.52. The van der Waals surface area contributed by atoms with Crippen LogP contribution in [0.15, 0.2) is 46.8 Å². The molecule has 1 aromatic carbocycles. The van der Waals surface area contributed by atoms with Gasteiger partial charge in [-0.3, -0.25) is 4.99 Å². The lowest BCUT2D eigenvalue weighted by molar-refractivity contribution is 0.373. The molecule has 0 amide bonds. The topological polar surface area (TPSA) is 30.9 Å². The molecule has 0 spiro atoms. The van der Waals surface area contributed by atoms with Crippen LogP contribution >= 0.6 is 11.3 Å². The Bertz CT molecular complexity index is 646. The monoisotopic (exact) mass is 346 g/mol. The summed E-state index contributed by atoms with van der Waals surface area (Å²) in [5, 5.41) is 5.56. The van der Waals surface area contributed by atoms with E-state index in [0.29, 0.717) is 0 Å². The number of piperazine rings is 1. The predicted octanol–water partition coefficient (Wildman–Crippen LogP) is 2.83. The summed E-state index contributed by atoms with van der Waals surface area (Å²) in [5.74, 6) is 0.776. The molecule has 2 aromatic rings. The number of hydrogen-bond acceptors (Lipinski definition) is 3. The molecule has 1 fully saturated rings. The van der Waals surface area contributed by atoms with E-state index in [4.69, 9.17) is 0 Å². The third-order valence-electron chi connectivity index (χ3n) is 4.22. The molecule has 0 saturated carbocycles. The van der Waals surface area contributed by atoms with Gasteiger partial charge < -0.3 is 15.1 Å². The first-order chi connectivity index (χ1) is 11.8. The molecule has 1 aliphatic rings. The highest BCUT2D eigenvalue weighted by atomic mass is 32.1. The van der Waals surface area contributed by atoms with Crippen molar-refractivity contribution in [2.24, 2.45) is 4.99 Å². The number of benzene rings is 1. The zero-order valence-corrected chi connectivity index (χ0v) is 14.7. The van der Waals surface area contributed by atoms with Crippen LogP contribution in [-0.2, 0) is 6.42 Å². The Hall–Kier alpha value is -2.08. The van der Waals surface area contributed by atoms with E-state index in [9.17, 15) is 4.39 Å². The second-order valence-electron chi connectivity index (χ2n) is 5.75. The molecule has 0 unspecified atom stereocenters. The third-order valence-corrected chi connectivity index (χ3v) is 5.15. The molecular weight excluding hydrogens is 323 g/mol. The summed E-state index contributed by atoms with van der Waals surface area (Å²) in [7, 11) is 1.83. The maximum Gasteiger partial charge on any atom is 0.193 e. The van der Waals surface area contributed by atoms with Gasteiger partial charge in [0.25, 0.3) is 0 Å². The summed E-state index contributed by atoms with van der Waals surface area (Å²) in [6.45, 7) is 4.55. The minimum Gasteiger partial charge on any atom is -0.368 e. The largest absolute Gasteiger partial charge is 0.368 e. The van der Waals surface area contributed by atoms with Crippen LogP contribution < -0.4 is 10.2 Å². The number of thiophene rings is 1. The Morgan fingerprint density at radius 2 is 1.92 bits per heavy atom. The molecule has 1 N–H and O–H groups in total. The van der Waals surface area contributed by atoms with Crippen LogP contribution in [0.3, 0.4) is 0 Å². The molecule has 6 heteroatoms. The second-order valence-corrected chi connectivity index (χ2v) is 6.79. The van der Waals surface area contributed by atoms with E-state index in [1.165, 1.54) is 17.0 Å². The molecule has 2 heterocycles. The zero-order valence-electron chi connectivity index (χ0n) is 13.9. The van der Waals surface area contributed by atoms with E-state index >= 15 is 0 Å². The minimum absolute atomic E-state index is 0.187. The van der Waals surface area contributed by atoms with E-state index in [0.717, 1.165) is 50.8 Å². The van der Waals surface area contributed by atoms with Crippen molar-refractivity contribution in [3.8, 4) is 0 Å². The Kier molecular flexibility index (Phi) is 5.69. The summed E-state index contributed by atoms with van der Waals surface area (Å²) in [4.78, 5) is 10.4. The van der Waals surface area contributed by atoms with Gasteiger partial charge in [0.1, 0.15) is 5.82 Å². The molecule has 1 aromatic heterocycles. The van der Waals surface area contributed by atoms with E-state index < -0.39 is 0 Å². The van der Waals surface area contributed by atoms with Gasteiger partial charge in [0, 0.05) is 50.3 Å². The number of anilines is 1. The summed E-state index contributed by atoms with van der Waals surface area (Å²) in [6, 6.07) is 11.0. The van der Waals surface area contributed by atoms with Gasteiger partial charge in [-0.15, -0.1) is 11.3 Å². The number of aliphatic imine (C=N–C) groups is 1. The Labute approximate surface area is 146 Å². The molecule has 24 heavy (non-hydrogen) atoms. The molecule has 1 aliphatic heterocycles. The molecular formula is C18H23FN4S. The molecule has 0 bridgehead atoms. The fraction of sp³-hybridized carbons (Fsp3) is 0.389. The highest BCUT2D eigenvalue weighted by Gasteiger charge is 2.19. The first kappa shape index (κ1) is 16.8. The number of nitrogens with zero attached hydrogens (tertiary/aromatic N) is 3. The van der Waals surface area contributed by atoms with Crippen LogP contribution in [0.4, 0.5) is 10.1 Å². The number of rotatable bonds is 4. The number of guanidine groups is 1. The SMILES string of the molecule is CN=C(NCCc1cccs1)N1CCN(c2ccc(F)cc2)CC1. The maximum atomic E-state index is 13.0. The van der Waals surface area contributed by atoms with Gasteiger partial charge in [0.05, 0.1) is 0 Å². The van der Waals surface area contributed by atoms with Gasteiger partial charge in [-0.2, -0.15) is 0 Å².